The largest absolute Gasteiger partial charge is 0.466 e. The van der Waals surface area contributed by atoms with Crippen LogP contribution >= 0.6 is 11.6 Å². The minimum absolute atomic E-state index is 0.0331. The molecule has 90 valence electrons. The van der Waals surface area contributed by atoms with Gasteiger partial charge < -0.3 is 9.84 Å². The van der Waals surface area contributed by atoms with Crippen molar-refractivity contribution in [3.05, 3.63) is 33.8 Å². The van der Waals surface area contributed by atoms with Crippen molar-refractivity contribution < 1.29 is 14.6 Å². The average Bonchev–Trinajstić information content (AvgIpc) is 2.31. The highest BCUT2D eigenvalue weighted by Crippen LogP contribution is 2.25. The zero-order chi connectivity index (χ0) is 12.8. The molecule has 0 radical (unpaired) electrons. The SMILES string of the molecule is CCOC(=O)Cc1ccc(C#N)c(CO)c1Cl. The zero-order valence-corrected chi connectivity index (χ0v) is 10.1. The number of carbonyl (C=O) groups excluding carboxylic acids is 1. The van der Waals surface area contributed by atoms with Gasteiger partial charge in [0.15, 0.2) is 0 Å². The molecule has 4 nitrogen and oxygen atoms in total. The molecular formula is C12H12ClNO3. The van der Waals surface area contributed by atoms with Gasteiger partial charge in [-0.1, -0.05) is 17.7 Å². The van der Waals surface area contributed by atoms with Crippen molar-refractivity contribution in [1.82, 2.24) is 0 Å². The summed E-state index contributed by atoms with van der Waals surface area (Å²) in [6.45, 7) is 1.69. The smallest absolute Gasteiger partial charge is 0.310 e. The Morgan fingerprint density at radius 3 is 2.82 bits per heavy atom. The van der Waals surface area contributed by atoms with Gasteiger partial charge in [0.05, 0.1) is 36.3 Å². The lowest BCUT2D eigenvalue weighted by molar-refractivity contribution is -0.142. The number of esters is 1. The second kappa shape index (κ2) is 6.24. The number of rotatable bonds is 4. The molecule has 0 aliphatic carbocycles. The van der Waals surface area contributed by atoms with Crippen molar-refractivity contribution in [3.8, 4) is 6.07 Å². The van der Waals surface area contributed by atoms with Crippen LogP contribution in [0.5, 0.6) is 0 Å². The second-order valence-corrected chi connectivity index (χ2v) is 3.69. The van der Waals surface area contributed by atoms with Gasteiger partial charge in [-0.15, -0.1) is 0 Å². The number of aliphatic hydroxyl groups excluding tert-OH is 1. The van der Waals surface area contributed by atoms with Gasteiger partial charge in [-0.3, -0.25) is 4.79 Å². The molecule has 0 bridgehead atoms. The number of halogens is 1. The molecule has 0 atom stereocenters. The minimum atomic E-state index is -0.386. The molecule has 0 saturated carbocycles. The molecule has 0 saturated heterocycles. The van der Waals surface area contributed by atoms with Crippen LogP contribution in [0, 0.1) is 11.3 Å². The van der Waals surface area contributed by atoms with Crippen molar-refractivity contribution in [2.45, 2.75) is 20.0 Å². The van der Waals surface area contributed by atoms with Crippen LogP contribution in [0.3, 0.4) is 0 Å². The van der Waals surface area contributed by atoms with E-state index in [2.05, 4.69) is 0 Å². The molecule has 0 spiro atoms. The molecular weight excluding hydrogens is 242 g/mol. The summed E-state index contributed by atoms with van der Waals surface area (Å²) in [6.07, 6.45) is 0.0331. The van der Waals surface area contributed by atoms with Crippen LogP contribution in [0.4, 0.5) is 0 Å². The monoisotopic (exact) mass is 253 g/mol. The van der Waals surface area contributed by atoms with Crippen LogP contribution in [0.2, 0.25) is 5.02 Å². The van der Waals surface area contributed by atoms with E-state index in [9.17, 15) is 4.79 Å². The van der Waals surface area contributed by atoms with E-state index in [0.29, 0.717) is 23.3 Å². The lowest BCUT2D eigenvalue weighted by Gasteiger charge is -2.09. The molecule has 17 heavy (non-hydrogen) atoms. The molecule has 0 amide bonds. The van der Waals surface area contributed by atoms with Gasteiger partial charge in [-0.2, -0.15) is 5.26 Å². The number of hydrogen-bond donors (Lipinski definition) is 1. The van der Waals surface area contributed by atoms with Crippen LogP contribution in [-0.2, 0) is 22.6 Å². The summed E-state index contributed by atoms with van der Waals surface area (Å²) in [6, 6.07) is 5.06. The highest BCUT2D eigenvalue weighted by atomic mass is 35.5. The molecule has 0 heterocycles. The number of nitriles is 1. The predicted octanol–water partition coefficient (Wildman–Crippen LogP) is 1.81. The first-order valence-corrected chi connectivity index (χ1v) is 5.48. The third-order valence-electron chi connectivity index (χ3n) is 2.24. The summed E-state index contributed by atoms with van der Waals surface area (Å²) in [5.74, 6) is -0.386. The van der Waals surface area contributed by atoms with Crippen molar-refractivity contribution >= 4 is 17.6 Å². The van der Waals surface area contributed by atoms with Crippen LogP contribution in [0.1, 0.15) is 23.6 Å². The minimum Gasteiger partial charge on any atom is -0.466 e. The Labute approximate surface area is 104 Å². The summed E-state index contributed by atoms with van der Waals surface area (Å²) < 4.78 is 4.81. The molecule has 0 fully saturated rings. The van der Waals surface area contributed by atoms with Crippen LogP contribution in [-0.4, -0.2) is 17.7 Å². The fourth-order valence-corrected chi connectivity index (χ4v) is 1.72. The third-order valence-corrected chi connectivity index (χ3v) is 2.71. The van der Waals surface area contributed by atoms with Gasteiger partial charge in [0.1, 0.15) is 0 Å². The highest BCUT2D eigenvalue weighted by Gasteiger charge is 2.13. The summed E-state index contributed by atoms with van der Waals surface area (Å²) in [5.41, 5.74) is 1.20. The number of carbonyl (C=O) groups is 1. The van der Waals surface area contributed by atoms with Crippen molar-refractivity contribution in [2.75, 3.05) is 6.61 Å². The van der Waals surface area contributed by atoms with Gasteiger partial charge in [0, 0.05) is 5.56 Å². The van der Waals surface area contributed by atoms with Crippen molar-refractivity contribution in [2.24, 2.45) is 0 Å². The Bertz CT molecular complexity index is 466. The van der Waals surface area contributed by atoms with E-state index in [1.54, 1.807) is 13.0 Å². The topological polar surface area (TPSA) is 70.3 Å². The lowest BCUT2D eigenvalue weighted by atomic mass is 10.0. The Morgan fingerprint density at radius 2 is 2.29 bits per heavy atom. The van der Waals surface area contributed by atoms with Gasteiger partial charge in [0.25, 0.3) is 0 Å². The molecule has 1 rings (SSSR count). The fourth-order valence-electron chi connectivity index (χ4n) is 1.43. The van der Waals surface area contributed by atoms with Crippen LogP contribution in [0.15, 0.2) is 12.1 Å². The third kappa shape index (κ3) is 3.19. The maximum absolute atomic E-state index is 11.3. The number of ether oxygens (including phenoxy) is 1. The van der Waals surface area contributed by atoms with Crippen molar-refractivity contribution in [3.63, 3.8) is 0 Å². The second-order valence-electron chi connectivity index (χ2n) is 3.32. The van der Waals surface area contributed by atoms with E-state index >= 15 is 0 Å². The van der Waals surface area contributed by atoms with E-state index < -0.39 is 0 Å². The molecule has 0 aromatic heterocycles. The average molecular weight is 254 g/mol. The van der Waals surface area contributed by atoms with Crippen LogP contribution in [0.25, 0.3) is 0 Å². The van der Waals surface area contributed by atoms with Gasteiger partial charge in [0.2, 0.25) is 0 Å². The zero-order valence-electron chi connectivity index (χ0n) is 9.36. The fraction of sp³-hybridized carbons (Fsp3) is 0.333. The first-order chi connectivity index (χ1) is 8.13. The molecule has 1 aromatic rings. The summed E-state index contributed by atoms with van der Waals surface area (Å²) in [5, 5.41) is 18.2. The molecule has 0 aliphatic heterocycles. The quantitative estimate of drug-likeness (QED) is 0.831. The Kier molecular flexibility index (Phi) is 4.95. The van der Waals surface area contributed by atoms with Gasteiger partial charge >= 0.3 is 5.97 Å². The maximum atomic E-state index is 11.3. The number of nitrogens with zero attached hydrogens (tertiary/aromatic N) is 1. The summed E-state index contributed by atoms with van der Waals surface area (Å²) in [4.78, 5) is 11.3. The van der Waals surface area contributed by atoms with Gasteiger partial charge in [-0.05, 0) is 18.6 Å². The normalized spacial score (nSPS) is 9.76. The van der Waals surface area contributed by atoms with Gasteiger partial charge in [-0.25, -0.2) is 0 Å². The standard InChI is InChI=1S/C12H12ClNO3/c1-2-17-11(16)5-8-3-4-9(6-14)10(7-15)12(8)13/h3-4,15H,2,5,7H2,1H3. The van der Waals surface area contributed by atoms with E-state index in [0.717, 1.165) is 0 Å². The molecule has 5 heteroatoms. The van der Waals surface area contributed by atoms with E-state index in [-0.39, 0.29) is 24.0 Å². The molecule has 0 unspecified atom stereocenters. The first kappa shape index (κ1) is 13.5. The number of aliphatic hydroxyl groups is 1. The Morgan fingerprint density at radius 1 is 1.59 bits per heavy atom. The molecule has 1 N–H and O–H groups in total. The highest BCUT2D eigenvalue weighted by molar-refractivity contribution is 6.32. The number of benzene rings is 1. The van der Waals surface area contributed by atoms with E-state index in [1.807, 2.05) is 6.07 Å². The van der Waals surface area contributed by atoms with Crippen LogP contribution < -0.4 is 0 Å². The first-order valence-electron chi connectivity index (χ1n) is 5.10. The van der Waals surface area contributed by atoms with E-state index in [4.69, 9.17) is 26.7 Å². The number of hydrogen-bond acceptors (Lipinski definition) is 4. The van der Waals surface area contributed by atoms with Crippen molar-refractivity contribution in [1.29, 1.82) is 5.26 Å². The Balaban J connectivity index is 3.03. The predicted molar refractivity (Wildman–Crippen MR) is 62.4 cm³/mol. The maximum Gasteiger partial charge on any atom is 0.310 e. The Hall–Kier alpha value is -1.57. The summed E-state index contributed by atoms with van der Waals surface area (Å²) >= 11 is 6.02. The van der Waals surface area contributed by atoms with E-state index in [1.165, 1.54) is 6.07 Å². The molecule has 0 aliphatic rings. The summed E-state index contributed by atoms with van der Waals surface area (Å²) in [7, 11) is 0. The lowest BCUT2D eigenvalue weighted by Crippen LogP contribution is -2.09. The molecule has 1 aromatic carbocycles.